The monoisotopic (exact) mass is 614 g/mol. The number of para-hydroxylation sites is 1. The van der Waals surface area contributed by atoms with Gasteiger partial charge >= 0.3 is 12.1 Å². The molecule has 12 heteroatoms. The molecule has 2 aromatic rings. The summed E-state index contributed by atoms with van der Waals surface area (Å²) in [6, 6.07) is 6.71. The topological polar surface area (TPSA) is 147 Å². The number of fused-ring (bicyclic) bond motifs is 1. The molecule has 5 atom stereocenters. The number of hydrogen-bond acceptors (Lipinski definition) is 7. The highest BCUT2D eigenvalue weighted by Gasteiger charge is 2.61. The van der Waals surface area contributed by atoms with Gasteiger partial charge in [-0.1, -0.05) is 50.6 Å². The van der Waals surface area contributed by atoms with Crippen LogP contribution in [0.3, 0.4) is 0 Å². The summed E-state index contributed by atoms with van der Waals surface area (Å²) < 4.78 is 11.7. The van der Waals surface area contributed by atoms with Crippen LogP contribution in [0.4, 0.5) is 4.79 Å². The van der Waals surface area contributed by atoms with Crippen LogP contribution >= 0.6 is 11.6 Å². The fraction of sp³-hybridized carbons (Fsp3) is 0.516. The van der Waals surface area contributed by atoms with E-state index in [0.29, 0.717) is 16.7 Å². The Kier molecular flexibility index (Phi) is 8.70. The first kappa shape index (κ1) is 32.1. The molecule has 1 saturated carbocycles. The third-order valence-corrected chi connectivity index (χ3v) is 7.78. The first-order valence-electron chi connectivity index (χ1n) is 14.1. The van der Waals surface area contributed by atoms with Crippen molar-refractivity contribution in [3.05, 3.63) is 48.1 Å². The first-order valence-corrected chi connectivity index (χ1v) is 14.5. The smallest absolute Gasteiger partial charge is 0.408 e. The van der Waals surface area contributed by atoms with Crippen LogP contribution in [0, 0.1) is 11.3 Å². The van der Waals surface area contributed by atoms with Crippen LogP contribution in [0.25, 0.3) is 10.9 Å². The summed E-state index contributed by atoms with van der Waals surface area (Å²) in [6.07, 6.45) is 0.340. The second-order valence-electron chi connectivity index (χ2n) is 13.2. The van der Waals surface area contributed by atoms with Gasteiger partial charge in [-0.15, -0.1) is 6.58 Å². The van der Waals surface area contributed by atoms with E-state index in [4.69, 9.17) is 21.1 Å². The number of carbonyl (C=O) groups excluding carboxylic acids is 3. The van der Waals surface area contributed by atoms with Gasteiger partial charge in [0.1, 0.15) is 40.2 Å². The molecule has 43 heavy (non-hydrogen) atoms. The van der Waals surface area contributed by atoms with Crippen LogP contribution in [-0.2, 0) is 19.1 Å². The zero-order valence-corrected chi connectivity index (χ0v) is 26.0. The number of nitrogens with zero attached hydrogens (tertiary/aromatic N) is 2. The lowest BCUT2D eigenvalue weighted by molar-refractivity contribution is -0.146. The molecule has 2 heterocycles. The normalized spacial score (nSPS) is 24.2. The number of hydrogen-bond donors (Lipinski definition) is 3. The third-order valence-electron chi connectivity index (χ3n) is 7.59. The van der Waals surface area contributed by atoms with Crippen LogP contribution in [0.1, 0.15) is 54.4 Å². The summed E-state index contributed by atoms with van der Waals surface area (Å²) >= 11 is 6.25. The SMILES string of the molecule is C=C[C@H]1CC1(NC(=O)[C@@H]1C[C@@H](Oc2cc(Cl)nc3ccccc23)CN1C(=O)[C@@H](NC(=O)OC(C)(C)C)C(C)(C)C)C(=O)O. The van der Waals surface area contributed by atoms with Crippen molar-refractivity contribution in [2.45, 2.75) is 83.7 Å². The quantitative estimate of drug-likeness (QED) is 0.294. The van der Waals surface area contributed by atoms with Crippen molar-refractivity contribution in [1.82, 2.24) is 20.5 Å². The van der Waals surface area contributed by atoms with Crippen molar-refractivity contribution in [1.29, 1.82) is 0 Å². The van der Waals surface area contributed by atoms with Crippen molar-refractivity contribution in [3.8, 4) is 5.75 Å². The Labute approximate surface area is 255 Å². The number of pyridine rings is 1. The van der Waals surface area contributed by atoms with Crippen LogP contribution in [-0.4, -0.2) is 74.7 Å². The number of carboxylic acid groups (broad SMARTS) is 1. The fourth-order valence-electron chi connectivity index (χ4n) is 5.32. The zero-order chi connectivity index (χ0) is 31.9. The van der Waals surface area contributed by atoms with Crippen molar-refractivity contribution in [3.63, 3.8) is 0 Å². The minimum atomic E-state index is -1.49. The average Bonchev–Trinajstić information content (AvgIpc) is 3.45. The molecular weight excluding hydrogens is 576 g/mol. The largest absolute Gasteiger partial charge is 0.488 e. The standard InChI is InChI=1S/C31H39ClN4O7/c1-8-17-15-31(17,27(39)40)35-25(37)21-13-18(42-22-14-23(32)33-20-12-10-9-11-19(20)22)16-36(21)26(38)24(29(2,3)4)34-28(41)43-30(5,6)7/h8-12,14,17-18,21,24H,1,13,15-16H2,2-7H3,(H,34,41)(H,35,37)(H,39,40)/t17-,18+,21-,24+,31?/m0/s1. The van der Waals surface area contributed by atoms with Crippen molar-refractivity contribution >= 4 is 46.4 Å². The summed E-state index contributed by atoms with van der Waals surface area (Å²) in [4.78, 5) is 58.4. The maximum Gasteiger partial charge on any atom is 0.408 e. The van der Waals surface area contributed by atoms with E-state index in [2.05, 4.69) is 22.2 Å². The van der Waals surface area contributed by atoms with Gasteiger partial charge in [-0.2, -0.15) is 0 Å². The van der Waals surface area contributed by atoms with Gasteiger partial charge in [0.05, 0.1) is 12.1 Å². The first-order chi connectivity index (χ1) is 19.9. The molecule has 0 bridgehead atoms. The van der Waals surface area contributed by atoms with Gasteiger partial charge < -0.3 is 30.1 Å². The summed E-state index contributed by atoms with van der Waals surface area (Å²) in [5.74, 6) is -2.33. The molecule has 3 amide bonds. The Bertz CT molecular complexity index is 1450. The molecule has 2 aliphatic rings. The maximum atomic E-state index is 14.2. The summed E-state index contributed by atoms with van der Waals surface area (Å²) in [7, 11) is 0. The Morgan fingerprint density at radius 2 is 1.86 bits per heavy atom. The molecular formula is C31H39ClN4O7. The molecule has 1 aromatic carbocycles. The number of carbonyl (C=O) groups is 4. The highest BCUT2D eigenvalue weighted by atomic mass is 35.5. The number of aromatic nitrogens is 1. The number of nitrogens with one attached hydrogen (secondary N) is 2. The highest BCUT2D eigenvalue weighted by Crippen LogP contribution is 2.45. The minimum absolute atomic E-state index is 0.00126. The number of amides is 3. The Balaban J connectivity index is 1.65. The van der Waals surface area contributed by atoms with Gasteiger partial charge in [-0.3, -0.25) is 9.59 Å². The molecule has 1 aliphatic heterocycles. The van der Waals surface area contributed by atoms with Crippen molar-refractivity contribution in [2.24, 2.45) is 11.3 Å². The number of benzene rings is 1. The lowest BCUT2D eigenvalue weighted by atomic mass is 9.85. The number of alkyl carbamates (subject to hydrolysis) is 1. The van der Waals surface area contributed by atoms with Gasteiger partial charge in [-0.25, -0.2) is 14.6 Å². The average molecular weight is 615 g/mol. The van der Waals surface area contributed by atoms with Crippen LogP contribution < -0.4 is 15.4 Å². The fourth-order valence-corrected chi connectivity index (χ4v) is 5.51. The summed E-state index contributed by atoms with van der Waals surface area (Å²) in [5.41, 5.74) is -2.43. The molecule has 3 N–H and O–H groups in total. The number of rotatable bonds is 8. The van der Waals surface area contributed by atoms with E-state index in [1.807, 2.05) is 18.2 Å². The van der Waals surface area contributed by atoms with E-state index in [9.17, 15) is 24.3 Å². The number of carboxylic acids is 1. The van der Waals surface area contributed by atoms with Gasteiger partial charge in [0.15, 0.2) is 0 Å². The van der Waals surface area contributed by atoms with Gasteiger partial charge in [0, 0.05) is 23.8 Å². The lowest BCUT2D eigenvalue weighted by Crippen LogP contribution is -2.59. The number of likely N-dealkylation sites (tertiary alicyclic amines) is 1. The molecule has 1 saturated heterocycles. The van der Waals surface area contributed by atoms with E-state index in [1.165, 1.54) is 11.0 Å². The Hall–Kier alpha value is -3.86. The van der Waals surface area contributed by atoms with E-state index >= 15 is 0 Å². The minimum Gasteiger partial charge on any atom is -0.488 e. The molecule has 0 radical (unpaired) electrons. The molecule has 1 unspecified atom stereocenters. The predicted octanol–water partition coefficient (Wildman–Crippen LogP) is 4.32. The summed E-state index contributed by atoms with van der Waals surface area (Å²) in [6.45, 7) is 14.2. The van der Waals surface area contributed by atoms with E-state index < -0.39 is 64.5 Å². The highest BCUT2D eigenvalue weighted by molar-refractivity contribution is 6.30. The van der Waals surface area contributed by atoms with Crippen LogP contribution in [0.15, 0.2) is 43.0 Å². The van der Waals surface area contributed by atoms with Crippen LogP contribution in [0.5, 0.6) is 5.75 Å². The third kappa shape index (κ3) is 7.04. The maximum absolute atomic E-state index is 14.2. The van der Waals surface area contributed by atoms with Gasteiger partial charge in [-0.05, 0) is 44.7 Å². The van der Waals surface area contributed by atoms with Crippen LogP contribution in [0.2, 0.25) is 5.15 Å². The molecule has 2 fully saturated rings. The zero-order valence-electron chi connectivity index (χ0n) is 25.3. The molecule has 0 spiro atoms. The Morgan fingerprint density at radius 1 is 1.19 bits per heavy atom. The number of halogens is 1. The second-order valence-corrected chi connectivity index (χ2v) is 13.6. The van der Waals surface area contributed by atoms with Crippen molar-refractivity contribution < 1.29 is 33.8 Å². The van der Waals surface area contributed by atoms with Gasteiger partial charge in [0.2, 0.25) is 11.8 Å². The predicted molar refractivity (Wildman–Crippen MR) is 161 cm³/mol. The van der Waals surface area contributed by atoms with Gasteiger partial charge in [0.25, 0.3) is 0 Å². The second kappa shape index (κ2) is 11.7. The number of ether oxygens (including phenoxy) is 2. The van der Waals surface area contributed by atoms with E-state index in [1.54, 1.807) is 53.7 Å². The van der Waals surface area contributed by atoms with E-state index in [-0.39, 0.29) is 24.5 Å². The molecule has 11 nitrogen and oxygen atoms in total. The molecule has 1 aromatic heterocycles. The lowest BCUT2D eigenvalue weighted by Gasteiger charge is -2.35. The molecule has 1 aliphatic carbocycles. The Morgan fingerprint density at radius 3 is 2.44 bits per heavy atom. The number of aliphatic carboxylic acids is 1. The molecule has 232 valence electrons. The van der Waals surface area contributed by atoms with E-state index in [0.717, 1.165) is 0 Å². The molecule has 4 rings (SSSR count). The summed E-state index contributed by atoms with van der Waals surface area (Å²) in [5, 5.41) is 16.2. The van der Waals surface area contributed by atoms with Crippen molar-refractivity contribution in [2.75, 3.05) is 6.54 Å².